The Morgan fingerprint density at radius 3 is 2.63 bits per heavy atom. The van der Waals surface area contributed by atoms with Gasteiger partial charge in [-0.25, -0.2) is 4.79 Å². The number of carbonyl (C=O) groups is 1. The van der Waals surface area contributed by atoms with Gasteiger partial charge in [0.2, 0.25) is 6.29 Å². The minimum absolute atomic E-state index is 0.364. The predicted octanol–water partition coefficient (Wildman–Crippen LogP) is 6.16. The summed E-state index contributed by atoms with van der Waals surface area (Å²) < 4.78 is 4.70. The topological polar surface area (TPSA) is 46.5 Å². The molecule has 0 radical (unpaired) electrons. The van der Waals surface area contributed by atoms with Crippen molar-refractivity contribution in [2.45, 2.75) is 92.3 Å². The molecule has 2 rings (SSSR count). The minimum atomic E-state index is -1.05. The Labute approximate surface area is 164 Å². The molecule has 1 heterocycles. The van der Waals surface area contributed by atoms with Crippen LogP contribution in [0, 0.1) is 5.41 Å². The lowest BCUT2D eigenvalue weighted by Crippen LogP contribution is -2.20. The van der Waals surface area contributed by atoms with E-state index in [0.717, 1.165) is 19.3 Å². The zero-order chi connectivity index (χ0) is 20.0. The van der Waals surface area contributed by atoms with E-state index in [1.807, 2.05) is 0 Å². The molecule has 1 atom stereocenters. The van der Waals surface area contributed by atoms with E-state index < -0.39 is 12.3 Å². The highest BCUT2D eigenvalue weighted by Gasteiger charge is 2.27. The van der Waals surface area contributed by atoms with Crippen LogP contribution < -0.4 is 0 Å². The van der Waals surface area contributed by atoms with E-state index >= 15 is 0 Å². The average molecular weight is 373 g/mol. The maximum atomic E-state index is 11.1. The molecule has 0 saturated carbocycles. The van der Waals surface area contributed by atoms with Crippen molar-refractivity contribution in [3.8, 4) is 0 Å². The third-order valence-electron chi connectivity index (χ3n) is 6.00. The summed E-state index contributed by atoms with van der Waals surface area (Å²) in [5, 5.41) is 9.58. The monoisotopic (exact) mass is 372 g/mol. The van der Waals surface area contributed by atoms with E-state index in [9.17, 15) is 9.90 Å². The number of ether oxygens (including phenoxy) is 1. The number of allylic oxidation sites excluding steroid dienone is 6. The highest BCUT2D eigenvalue weighted by Crippen LogP contribution is 2.42. The van der Waals surface area contributed by atoms with Gasteiger partial charge in [-0.3, -0.25) is 0 Å². The predicted molar refractivity (Wildman–Crippen MR) is 111 cm³/mol. The van der Waals surface area contributed by atoms with Crippen molar-refractivity contribution < 1.29 is 14.6 Å². The molecule has 27 heavy (non-hydrogen) atoms. The van der Waals surface area contributed by atoms with Crippen LogP contribution in [-0.4, -0.2) is 17.4 Å². The molecule has 1 aliphatic heterocycles. The second kappa shape index (κ2) is 9.54. The Balaban J connectivity index is 1.79. The summed E-state index contributed by atoms with van der Waals surface area (Å²) in [4.78, 5) is 11.1. The van der Waals surface area contributed by atoms with E-state index in [2.05, 4.69) is 46.8 Å². The smallest absolute Gasteiger partial charge is 0.333 e. The van der Waals surface area contributed by atoms with Gasteiger partial charge in [0.15, 0.2) is 0 Å². The van der Waals surface area contributed by atoms with Crippen LogP contribution in [0.1, 0.15) is 86.0 Å². The average Bonchev–Trinajstić information content (AvgIpc) is 2.89. The van der Waals surface area contributed by atoms with E-state index in [1.165, 1.54) is 42.9 Å². The van der Waals surface area contributed by atoms with Crippen molar-refractivity contribution in [2.75, 3.05) is 0 Å². The van der Waals surface area contributed by atoms with Gasteiger partial charge in [-0.2, -0.15) is 0 Å². The first-order chi connectivity index (χ1) is 12.7. The van der Waals surface area contributed by atoms with Crippen LogP contribution in [0.3, 0.4) is 0 Å². The van der Waals surface area contributed by atoms with Crippen molar-refractivity contribution in [2.24, 2.45) is 5.41 Å². The van der Waals surface area contributed by atoms with Gasteiger partial charge in [0.25, 0.3) is 0 Å². The summed E-state index contributed by atoms with van der Waals surface area (Å²) >= 11 is 0. The lowest BCUT2D eigenvalue weighted by molar-refractivity contribution is -0.151. The quantitative estimate of drug-likeness (QED) is 0.410. The Morgan fingerprint density at radius 2 is 2.00 bits per heavy atom. The van der Waals surface area contributed by atoms with E-state index in [4.69, 9.17) is 4.74 Å². The van der Waals surface area contributed by atoms with Crippen LogP contribution in [0.15, 0.2) is 46.1 Å². The van der Waals surface area contributed by atoms with Gasteiger partial charge in [-0.15, -0.1) is 0 Å². The standard InChI is InChI=1S/C24H36O3/c1-17(8-6-10-20-16-22(25)27-23(20)26)11-12-18(2)13-14-21-19(3)9-7-15-24(21,4)5/h8,12,16,23,26H,6-7,9-11,13-15H2,1-5H3/b17-8+,18-12+. The van der Waals surface area contributed by atoms with Gasteiger partial charge in [-0.1, -0.05) is 48.3 Å². The number of carbonyl (C=O) groups excluding carboxylic acids is 1. The number of rotatable bonds is 8. The molecular formula is C24H36O3. The van der Waals surface area contributed by atoms with Gasteiger partial charge in [0.05, 0.1) is 0 Å². The number of aliphatic hydroxyl groups is 1. The SMILES string of the molecule is CC1=C(CC/C(C)=C/C/C(C)=C/CCC2=CC(=O)OC2O)C(C)(C)CCC1. The van der Waals surface area contributed by atoms with Crippen LogP contribution in [0.2, 0.25) is 0 Å². The van der Waals surface area contributed by atoms with Crippen molar-refractivity contribution in [1.82, 2.24) is 0 Å². The van der Waals surface area contributed by atoms with Crippen molar-refractivity contribution >= 4 is 5.97 Å². The molecule has 0 bridgehead atoms. The lowest BCUT2D eigenvalue weighted by atomic mass is 9.71. The van der Waals surface area contributed by atoms with E-state index in [0.29, 0.717) is 17.4 Å². The number of aliphatic hydroxyl groups excluding tert-OH is 1. The van der Waals surface area contributed by atoms with Crippen molar-refractivity contribution in [3.05, 3.63) is 46.1 Å². The number of hydrogen-bond acceptors (Lipinski definition) is 3. The molecule has 150 valence electrons. The van der Waals surface area contributed by atoms with Crippen molar-refractivity contribution in [3.63, 3.8) is 0 Å². The van der Waals surface area contributed by atoms with Crippen LogP contribution in [0.4, 0.5) is 0 Å². The second-order valence-corrected chi connectivity index (χ2v) is 8.85. The molecule has 0 saturated heterocycles. The first-order valence-electron chi connectivity index (χ1n) is 10.3. The minimum Gasteiger partial charge on any atom is -0.429 e. The van der Waals surface area contributed by atoms with Crippen molar-refractivity contribution in [1.29, 1.82) is 0 Å². The largest absolute Gasteiger partial charge is 0.429 e. The molecule has 0 fully saturated rings. The molecule has 1 aliphatic carbocycles. The van der Waals surface area contributed by atoms with Crippen LogP contribution in [-0.2, 0) is 9.53 Å². The van der Waals surface area contributed by atoms with Crippen LogP contribution >= 0.6 is 0 Å². The summed E-state index contributed by atoms with van der Waals surface area (Å²) in [5.41, 5.74) is 7.10. The maximum absolute atomic E-state index is 11.1. The zero-order valence-electron chi connectivity index (χ0n) is 17.7. The molecular weight excluding hydrogens is 336 g/mol. The molecule has 0 aromatic heterocycles. The summed E-state index contributed by atoms with van der Waals surface area (Å²) in [5.74, 6) is -0.441. The third-order valence-corrected chi connectivity index (χ3v) is 6.00. The molecule has 1 N–H and O–H groups in total. The second-order valence-electron chi connectivity index (χ2n) is 8.85. The van der Waals surface area contributed by atoms with Gasteiger partial charge in [0, 0.05) is 11.6 Å². The van der Waals surface area contributed by atoms with E-state index in [-0.39, 0.29) is 0 Å². The van der Waals surface area contributed by atoms with Crippen LogP contribution in [0.25, 0.3) is 0 Å². The number of hydrogen-bond donors (Lipinski definition) is 1. The Bertz CT molecular complexity index is 674. The third kappa shape index (κ3) is 6.49. The van der Waals surface area contributed by atoms with E-state index in [1.54, 1.807) is 11.1 Å². The highest BCUT2D eigenvalue weighted by atomic mass is 16.6. The Kier molecular flexibility index (Phi) is 7.67. The fourth-order valence-electron chi connectivity index (χ4n) is 4.19. The van der Waals surface area contributed by atoms with Gasteiger partial charge in [-0.05, 0) is 77.6 Å². The highest BCUT2D eigenvalue weighted by molar-refractivity contribution is 5.85. The number of esters is 1. The zero-order valence-corrected chi connectivity index (χ0v) is 17.7. The number of cyclic esters (lactones) is 1. The molecule has 0 amide bonds. The van der Waals surface area contributed by atoms with Gasteiger partial charge in [0.1, 0.15) is 0 Å². The molecule has 0 aromatic rings. The van der Waals surface area contributed by atoms with Gasteiger partial charge >= 0.3 is 5.97 Å². The molecule has 0 spiro atoms. The fraction of sp³-hybridized carbons (Fsp3) is 0.625. The normalized spacial score (nSPS) is 23.6. The maximum Gasteiger partial charge on any atom is 0.333 e. The molecule has 3 nitrogen and oxygen atoms in total. The molecule has 2 aliphatic rings. The first-order valence-corrected chi connectivity index (χ1v) is 10.3. The Hall–Kier alpha value is -1.61. The Morgan fingerprint density at radius 1 is 1.26 bits per heavy atom. The summed E-state index contributed by atoms with van der Waals surface area (Å²) in [7, 11) is 0. The molecule has 0 aromatic carbocycles. The summed E-state index contributed by atoms with van der Waals surface area (Å²) in [6.45, 7) is 11.5. The summed E-state index contributed by atoms with van der Waals surface area (Å²) in [6, 6.07) is 0. The van der Waals surface area contributed by atoms with Gasteiger partial charge < -0.3 is 9.84 Å². The molecule has 1 unspecified atom stereocenters. The first kappa shape index (κ1) is 21.7. The fourth-order valence-corrected chi connectivity index (χ4v) is 4.19. The summed E-state index contributed by atoms with van der Waals surface area (Å²) in [6.07, 6.45) is 13.6. The van der Waals surface area contributed by atoms with Crippen LogP contribution in [0.5, 0.6) is 0 Å². The lowest BCUT2D eigenvalue weighted by Gasteiger charge is -2.35. The molecule has 3 heteroatoms.